The highest BCUT2D eigenvalue weighted by Gasteiger charge is 2.17. The van der Waals surface area contributed by atoms with Crippen molar-refractivity contribution in [3.63, 3.8) is 0 Å². The summed E-state index contributed by atoms with van der Waals surface area (Å²) < 4.78 is 5.15. The highest BCUT2D eigenvalue weighted by Crippen LogP contribution is 2.28. The number of nitro benzene ring substituents is 1. The molecule has 0 heterocycles. The maximum atomic E-state index is 12.4. The Hall–Kier alpha value is -3.45. The van der Waals surface area contributed by atoms with Gasteiger partial charge in [-0.25, -0.2) is 0 Å². The van der Waals surface area contributed by atoms with Crippen LogP contribution in [-0.2, 0) is 4.79 Å². The quantitative estimate of drug-likeness (QED) is 0.486. The highest BCUT2D eigenvalue weighted by atomic mass is 16.6. The summed E-state index contributed by atoms with van der Waals surface area (Å²) in [6, 6.07) is 18.5. The van der Waals surface area contributed by atoms with E-state index >= 15 is 0 Å². The number of nitrogens with two attached hydrogens (primary N) is 1. The fourth-order valence-electron chi connectivity index (χ4n) is 3.16. The first-order valence-electron chi connectivity index (χ1n) is 8.93. The van der Waals surface area contributed by atoms with Crippen molar-refractivity contribution in [1.29, 1.82) is 0 Å². The highest BCUT2D eigenvalue weighted by molar-refractivity contribution is 5.93. The molecule has 0 unspecified atom stereocenters. The molecule has 7 heteroatoms. The number of fused-ring (bicyclic) bond motifs is 1. The van der Waals surface area contributed by atoms with Gasteiger partial charge in [0.05, 0.1) is 23.8 Å². The fraction of sp³-hybridized carbons (Fsp3) is 0.190. The van der Waals surface area contributed by atoms with Gasteiger partial charge in [0, 0.05) is 11.6 Å². The van der Waals surface area contributed by atoms with Crippen molar-refractivity contribution < 1.29 is 19.8 Å². The van der Waals surface area contributed by atoms with E-state index in [4.69, 9.17) is 4.74 Å². The molecule has 0 bridgehead atoms. The second-order valence-corrected chi connectivity index (χ2v) is 6.49. The Morgan fingerprint density at radius 1 is 1.18 bits per heavy atom. The Morgan fingerprint density at radius 3 is 2.68 bits per heavy atom. The minimum Gasteiger partial charge on any atom is -0.494 e. The van der Waals surface area contributed by atoms with Crippen molar-refractivity contribution in [2.45, 2.75) is 13.0 Å². The van der Waals surface area contributed by atoms with Gasteiger partial charge in [-0.1, -0.05) is 42.5 Å². The first kappa shape index (κ1) is 19.3. The first-order valence-corrected chi connectivity index (χ1v) is 8.93. The summed E-state index contributed by atoms with van der Waals surface area (Å²) in [5.41, 5.74) is 1.48. The Kier molecular flexibility index (Phi) is 5.86. The number of hydrogen-bond acceptors (Lipinski definition) is 4. The molecule has 7 nitrogen and oxygen atoms in total. The molecule has 28 heavy (non-hydrogen) atoms. The molecule has 0 aliphatic rings. The number of carbonyl (C=O) groups excluding carboxylic acids is 1. The monoisotopic (exact) mass is 380 g/mol. The van der Waals surface area contributed by atoms with E-state index in [1.54, 1.807) is 0 Å². The summed E-state index contributed by atoms with van der Waals surface area (Å²) in [4.78, 5) is 22.7. The lowest BCUT2D eigenvalue weighted by molar-refractivity contribution is -0.682. The van der Waals surface area contributed by atoms with Crippen LogP contribution in [0.1, 0.15) is 18.5 Å². The predicted octanol–water partition coefficient (Wildman–Crippen LogP) is 3.02. The second-order valence-electron chi connectivity index (χ2n) is 6.49. The Bertz CT molecular complexity index is 1010. The van der Waals surface area contributed by atoms with Crippen LogP contribution >= 0.6 is 0 Å². The Morgan fingerprint density at radius 2 is 1.93 bits per heavy atom. The second kappa shape index (κ2) is 8.49. The topological polar surface area (TPSA) is 98.1 Å². The van der Waals surface area contributed by atoms with E-state index in [9.17, 15) is 14.9 Å². The van der Waals surface area contributed by atoms with Crippen LogP contribution in [0.15, 0.2) is 60.7 Å². The number of hydrogen-bond donors (Lipinski definition) is 2. The van der Waals surface area contributed by atoms with Gasteiger partial charge in [0.25, 0.3) is 11.6 Å². The summed E-state index contributed by atoms with van der Waals surface area (Å²) in [5.74, 6) is 0.0453. The number of quaternary nitrogens is 1. The van der Waals surface area contributed by atoms with Gasteiger partial charge in [0.2, 0.25) is 0 Å². The zero-order chi connectivity index (χ0) is 20.1. The predicted molar refractivity (Wildman–Crippen MR) is 107 cm³/mol. The molecule has 0 aromatic heterocycles. The van der Waals surface area contributed by atoms with E-state index < -0.39 is 4.92 Å². The molecule has 1 atom stereocenters. The Labute approximate surface area is 162 Å². The van der Waals surface area contributed by atoms with E-state index in [2.05, 4.69) is 36.5 Å². The number of non-ortho nitro benzene ring substituents is 1. The standard InChI is InChI=1S/C21H21N3O4/c1-14(17-9-5-7-15-6-3-4-8-18(15)17)22-13-21(25)23-19-11-10-16(24(26)27)12-20(19)28-2/h3-12,14,22H,13H2,1-2H3,(H,23,25)/p+1/t14-/m0/s1. The number of nitrogens with one attached hydrogen (secondary N) is 1. The summed E-state index contributed by atoms with van der Waals surface area (Å²) in [6.45, 7) is 2.27. The van der Waals surface area contributed by atoms with Gasteiger partial charge >= 0.3 is 0 Å². The molecule has 0 aliphatic heterocycles. The van der Waals surface area contributed by atoms with Gasteiger partial charge in [0.15, 0.2) is 6.54 Å². The average molecular weight is 380 g/mol. The molecule has 3 aromatic carbocycles. The number of rotatable bonds is 7. The minimum atomic E-state index is -0.506. The fourth-order valence-corrected chi connectivity index (χ4v) is 3.16. The molecule has 0 saturated carbocycles. The molecule has 3 aromatic rings. The summed E-state index contributed by atoms with van der Waals surface area (Å²) in [7, 11) is 1.41. The number of ether oxygens (including phenoxy) is 1. The molecule has 0 fully saturated rings. The molecule has 0 spiro atoms. The van der Waals surface area contributed by atoms with Crippen LogP contribution in [0.4, 0.5) is 11.4 Å². The molecule has 0 radical (unpaired) electrons. The van der Waals surface area contributed by atoms with Gasteiger partial charge in [-0.05, 0) is 23.8 Å². The van der Waals surface area contributed by atoms with Crippen LogP contribution in [0.5, 0.6) is 5.75 Å². The van der Waals surface area contributed by atoms with Crippen LogP contribution in [0.25, 0.3) is 10.8 Å². The number of carbonyl (C=O) groups is 1. The van der Waals surface area contributed by atoms with E-state index in [0.717, 1.165) is 0 Å². The van der Waals surface area contributed by atoms with Crippen LogP contribution in [0, 0.1) is 10.1 Å². The number of methoxy groups -OCH3 is 1. The van der Waals surface area contributed by atoms with Crippen LogP contribution < -0.4 is 15.4 Å². The minimum absolute atomic E-state index is 0.0917. The number of benzene rings is 3. The van der Waals surface area contributed by atoms with Gasteiger partial charge in [-0.15, -0.1) is 0 Å². The third-order valence-corrected chi connectivity index (χ3v) is 4.64. The van der Waals surface area contributed by atoms with Gasteiger partial charge in [-0.2, -0.15) is 0 Å². The third-order valence-electron chi connectivity index (χ3n) is 4.64. The molecule has 144 valence electrons. The maximum Gasteiger partial charge on any atom is 0.279 e. The van der Waals surface area contributed by atoms with Crippen molar-refractivity contribution in [1.82, 2.24) is 0 Å². The molecule has 0 aliphatic carbocycles. The number of amides is 1. The van der Waals surface area contributed by atoms with Crippen molar-refractivity contribution in [3.8, 4) is 5.75 Å². The van der Waals surface area contributed by atoms with Crippen molar-refractivity contribution in [2.24, 2.45) is 0 Å². The third kappa shape index (κ3) is 4.27. The van der Waals surface area contributed by atoms with Gasteiger partial charge in [-0.3, -0.25) is 14.9 Å². The first-order chi connectivity index (χ1) is 13.5. The number of nitrogens with zero attached hydrogens (tertiary/aromatic N) is 1. The molecule has 0 saturated heterocycles. The Balaban J connectivity index is 1.66. The number of anilines is 1. The lowest BCUT2D eigenvalue weighted by Gasteiger charge is -2.14. The summed E-state index contributed by atoms with van der Waals surface area (Å²) in [5, 5.41) is 17.9. The molecular weight excluding hydrogens is 358 g/mol. The van der Waals surface area contributed by atoms with E-state index in [-0.39, 0.29) is 29.9 Å². The van der Waals surface area contributed by atoms with Gasteiger partial charge < -0.3 is 15.4 Å². The van der Waals surface area contributed by atoms with Crippen molar-refractivity contribution in [3.05, 3.63) is 76.3 Å². The molecule has 3 N–H and O–H groups in total. The zero-order valence-electron chi connectivity index (χ0n) is 15.7. The number of nitro groups is 1. The molecule has 1 amide bonds. The molecular formula is C21H22N3O4+. The van der Waals surface area contributed by atoms with Crippen molar-refractivity contribution in [2.75, 3.05) is 19.0 Å². The van der Waals surface area contributed by atoms with Crippen LogP contribution in [0.2, 0.25) is 0 Å². The molecule has 3 rings (SSSR count). The smallest absolute Gasteiger partial charge is 0.279 e. The van der Waals surface area contributed by atoms with E-state index in [1.165, 1.54) is 41.6 Å². The van der Waals surface area contributed by atoms with Crippen molar-refractivity contribution >= 4 is 28.1 Å². The largest absolute Gasteiger partial charge is 0.494 e. The van der Waals surface area contributed by atoms with Crippen LogP contribution in [0.3, 0.4) is 0 Å². The van der Waals surface area contributed by atoms with Gasteiger partial charge in [0.1, 0.15) is 11.8 Å². The maximum absolute atomic E-state index is 12.4. The van der Waals surface area contributed by atoms with E-state index in [0.29, 0.717) is 5.69 Å². The lowest BCUT2D eigenvalue weighted by atomic mass is 10.00. The SMILES string of the molecule is COc1cc([N+](=O)[O-])ccc1NC(=O)C[NH2+][C@@H](C)c1cccc2ccccc12. The summed E-state index contributed by atoms with van der Waals surface area (Å²) >= 11 is 0. The zero-order valence-corrected chi connectivity index (χ0v) is 15.7. The average Bonchev–Trinajstić information content (AvgIpc) is 2.71. The normalized spacial score (nSPS) is 11.8. The van der Waals surface area contributed by atoms with E-state index in [1.807, 2.05) is 23.5 Å². The lowest BCUT2D eigenvalue weighted by Crippen LogP contribution is -2.86. The summed E-state index contributed by atoms with van der Waals surface area (Å²) in [6.07, 6.45) is 0. The van der Waals surface area contributed by atoms with Crippen LogP contribution in [-0.4, -0.2) is 24.5 Å².